The van der Waals surface area contributed by atoms with Crippen LogP contribution in [0.1, 0.15) is 33.9 Å². The minimum atomic E-state index is -1.58. The molecule has 42 heavy (non-hydrogen) atoms. The molecular formula is C32H37NO9. The van der Waals surface area contributed by atoms with E-state index in [1.54, 1.807) is 6.07 Å². The van der Waals surface area contributed by atoms with E-state index in [2.05, 4.69) is 0 Å². The average Bonchev–Trinajstić information content (AvgIpc) is 3.58. The third-order valence-electron chi connectivity index (χ3n) is 6.89. The van der Waals surface area contributed by atoms with Crippen molar-refractivity contribution in [3.05, 3.63) is 83.3 Å². The van der Waals surface area contributed by atoms with Crippen molar-refractivity contribution in [2.24, 2.45) is 0 Å². The molecule has 10 heteroatoms. The molecule has 2 atom stereocenters. The maximum Gasteiger partial charge on any atom is 0.417 e. The Morgan fingerprint density at radius 1 is 1.02 bits per heavy atom. The van der Waals surface area contributed by atoms with Crippen LogP contribution in [0.25, 0.3) is 11.1 Å². The van der Waals surface area contributed by atoms with Crippen LogP contribution in [0.5, 0.6) is 0 Å². The van der Waals surface area contributed by atoms with Gasteiger partial charge in [-0.2, -0.15) is 0 Å². The molecule has 4 rings (SSSR count). The molecule has 0 saturated carbocycles. The fraction of sp³-hybridized carbons (Fsp3) is 0.406. The SMILES string of the molecule is CO[C@H](C(=O)c1cc(-c2cccc(C)c2)c(CCCOCCOCCO)o1)C(=O)N1C(=O)OC[C@H]1Cc1ccccc1. The number of benzene rings is 2. The topological polar surface area (TPSA) is 125 Å². The number of aryl methyl sites for hydroxylation is 2. The van der Waals surface area contributed by atoms with E-state index in [1.807, 2.05) is 61.5 Å². The van der Waals surface area contributed by atoms with Gasteiger partial charge in [0.05, 0.1) is 32.5 Å². The summed E-state index contributed by atoms with van der Waals surface area (Å²) in [5.74, 6) is -0.933. The number of hydrogen-bond acceptors (Lipinski definition) is 9. The molecule has 0 bridgehead atoms. The Morgan fingerprint density at radius 2 is 1.79 bits per heavy atom. The zero-order valence-electron chi connectivity index (χ0n) is 24.0. The van der Waals surface area contributed by atoms with Gasteiger partial charge in [-0.25, -0.2) is 9.69 Å². The molecule has 1 aromatic heterocycles. The highest BCUT2D eigenvalue weighted by atomic mass is 16.6. The lowest BCUT2D eigenvalue weighted by molar-refractivity contribution is -0.137. The first kappa shape index (κ1) is 31.1. The molecule has 1 aliphatic rings. The third-order valence-corrected chi connectivity index (χ3v) is 6.89. The summed E-state index contributed by atoms with van der Waals surface area (Å²) in [5.41, 5.74) is 3.58. The molecule has 0 spiro atoms. The molecule has 0 radical (unpaired) electrons. The van der Waals surface area contributed by atoms with Crippen LogP contribution >= 0.6 is 0 Å². The maximum atomic E-state index is 13.6. The lowest BCUT2D eigenvalue weighted by Gasteiger charge is -2.23. The Hall–Kier alpha value is -3.83. The van der Waals surface area contributed by atoms with Crippen molar-refractivity contribution < 1.29 is 42.9 Å². The van der Waals surface area contributed by atoms with E-state index in [1.165, 1.54) is 7.11 Å². The lowest BCUT2D eigenvalue weighted by Crippen LogP contribution is -2.48. The number of rotatable bonds is 16. The first-order chi connectivity index (χ1) is 20.4. The molecule has 1 saturated heterocycles. The van der Waals surface area contributed by atoms with Crippen LogP contribution in [-0.2, 0) is 36.6 Å². The standard InChI is InChI=1S/C32H37NO9/c1-22-8-6-11-24(18-22)26-20-28(42-27(26)12-7-14-39-16-17-40-15-13-34)29(35)30(38-2)31(36)33-25(21-41-32(33)37)19-23-9-4-3-5-10-23/h3-6,8-11,18,20,25,30,34H,7,12-17,19,21H2,1-2H3/t25-,30-/m1/s1. The monoisotopic (exact) mass is 579 g/mol. The molecule has 2 aromatic carbocycles. The number of amides is 2. The summed E-state index contributed by atoms with van der Waals surface area (Å²) < 4.78 is 27.4. The van der Waals surface area contributed by atoms with Gasteiger partial charge in [0.2, 0.25) is 11.9 Å². The van der Waals surface area contributed by atoms with E-state index in [-0.39, 0.29) is 25.6 Å². The van der Waals surface area contributed by atoms with Gasteiger partial charge in [0, 0.05) is 25.7 Å². The summed E-state index contributed by atoms with van der Waals surface area (Å²) in [5, 5.41) is 8.77. The molecule has 10 nitrogen and oxygen atoms in total. The van der Waals surface area contributed by atoms with Crippen LogP contribution in [0.15, 0.2) is 65.1 Å². The van der Waals surface area contributed by atoms with E-state index in [0.717, 1.165) is 27.2 Å². The Balaban J connectivity index is 1.50. The van der Waals surface area contributed by atoms with Crippen molar-refractivity contribution in [2.45, 2.75) is 38.3 Å². The first-order valence-electron chi connectivity index (χ1n) is 14.0. The number of ether oxygens (including phenoxy) is 4. The van der Waals surface area contributed by atoms with E-state index >= 15 is 0 Å². The molecular weight excluding hydrogens is 542 g/mol. The molecule has 224 valence electrons. The van der Waals surface area contributed by atoms with Crippen molar-refractivity contribution in [3.8, 4) is 11.1 Å². The highest BCUT2D eigenvalue weighted by molar-refractivity contribution is 6.14. The summed E-state index contributed by atoms with van der Waals surface area (Å²) in [6.07, 6.45) is -0.898. The number of carbonyl (C=O) groups excluding carboxylic acids is 3. The van der Waals surface area contributed by atoms with Gasteiger partial charge in [-0.1, -0.05) is 60.2 Å². The summed E-state index contributed by atoms with van der Waals surface area (Å²) in [6.45, 7) is 3.47. The summed E-state index contributed by atoms with van der Waals surface area (Å²) >= 11 is 0. The fourth-order valence-corrected chi connectivity index (χ4v) is 4.86. The number of aliphatic hydroxyl groups is 1. The van der Waals surface area contributed by atoms with Crippen molar-refractivity contribution >= 4 is 17.8 Å². The van der Waals surface area contributed by atoms with Crippen molar-refractivity contribution in [2.75, 3.05) is 46.8 Å². The van der Waals surface area contributed by atoms with E-state index in [4.69, 9.17) is 28.5 Å². The number of ketones is 1. The van der Waals surface area contributed by atoms with Gasteiger partial charge in [-0.05, 0) is 37.0 Å². The quantitative estimate of drug-likeness (QED) is 0.152. The average molecular weight is 580 g/mol. The van der Waals surface area contributed by atoms with Gasteiger partial charge in [-0.15, -0.1) is 0 Å². The molecule has 0 aliphatic carbocycles. The number of aliphatic hydroxyl groups excluding tert-OH is 1. The summed E-state index contributed by atoms with van der Waals surface area (Å²) in [4.78, 5) is 40.7. The van der Waals surface area contributed by atoms with Gasteiger partial charge in [0.1, 0.15) is 12.4 Å². The Bertz CT molecular complexity index is 1340. The fourth-order valence-electron chi connectivity index (χ4n) is 4.86. The number of nitrogens with zero attached hydrogens (tertiary/aromatic N) is 1. The number of furan rings is 1. The van der Waals surface area contributed by atoms with Crippen molar-refractivity contribution in [3.63, 3.8) is 0 Å². The molecule has 1 N–H and O–H groups in total. The lowest BCUT2D eigenvalue weighted by atomic mass is 10.0. The van der Waals surface area contributed by atoms with Crippen molar-refractivity contribution in [1.29, 1.82) is 0 Å². The van der Waals surface area contributed by atoms with Crippen LogP contribution in [0.3, 0.4) is 0 Å². The first-order valence-corrected chi connectivity index (χ1v) is 14.0. The van der Waals surface area contributed by atoms with Crippen molar-refractivity contribution in [1.82, 2.24) is 4.90 Å². The van der Waals surface area contributed by atoms with Crippen LogP contribution in [-0.4, -0.2) is 86.7 Å². The summed E-state index contributed by atoms with van der Waals surface area (Å²) in [7, 11) is 1.25. The maximum absolute atomic E-state index is 13.6. The molecule has 1 aliphatic heterocycles. The number of Topliss-reactive ketones (excluding diaryl/α,β-unsaturated/α-hetero) is 1. The second-order valence-electron chi connectivity index (χ2n) is 9.98. The Kier molecular flexibility index (Phi) is 11.4. The smallest absolute Gasteiger partial charge is 0.417 e. The Labute approximate surface area is 245 Å². The normalized spacial score (nSPS) is 15.5. The minimum Gasteiger partial charge on any atom is -0.457 e. The van der Waals surface area contributed by atoms with Gasteiger partial charge in [0.15, 0.2) is 5.76 Å². The number of hydrogen-bond donors (Lipinski definition) is 1. The van der Waals surface area contributed by atoms with Crippen LogP contribution in [0.4, 0.5) is 4.79 Å². The highest BCUT2D eigenvalue weighted by Crippen LogP contribution is 2.30. The van der Waals surface area contributed by atoms with Gasteiger partial charge >= 0.3 is 6.09 Å². The zero-order valence-corrected chi connectivity index (χ0v) is 24.0. The minimum absolute atomic E-state index is 0.0299. The van der Waals surface area contributed by atoms with Gasteiger partial charge in [0.25, 0.3) is 5.91 Å². The molecule has 3 aromatic rings. The molecule has 0 unspecified atom stereocenters. The number of cyclic esters (lactones) is 1. The zero-order chi connectivity index (χ0) is 29.9. The largest absolute Gasteiger partial charge is 0.457 e. The second-order valence-corrected chi connectivity index (χ2v) is 9.98. The number of imide groups is 1. The summed E-state index contributed by atoms with van der Waals surface area (Å²) in [6, 6.07) is 18.3. The van der Waals surface area contributed by atoms with Gasteiger partial charge in [-0.3, -0.25) is 9.59 Å². The Morgan fingerprint density at radius 3 is 2.50 bits per heavy atom. The highest BCUT2D eigenvalue weighted by Gasteiger charge is 2.44. The third kappa shape index (κ3) is 7.92. The number of methoxy groups -OCH3 is 1. The van der Waals surface area contributed by atoms with E-state index in [9.17, 15) is 14.4 Å². The van der Waals surface area contributed by atoms with Crippen LogP contribution in [0, 0.1) is 6.92 Å². The van der Waals surface area contributed by atoms with Gasteiger partial charge < -0.3 is 28.5 Å². The molecule has 2 heterocycles. The van der Waals surface area contributed by atoms with Crippen LogP contribution in [0.2, 0.25) is 0 Å². The number of carbonyl (C=O) groups is 3. The van der Waals surface area contributed by atoms with Crippen LogP contribution < -0.4 is 0 Å². The van der Waals surface area contributed by atoms with E-state index in [0.29, 0.717) is 44.8 Å². The molecule has 2 amide bonds. The molecule has 1 fully saturated rings. The van der Waals surface area contributed by atoms with E-state index < -0.39 is 29.9 Å². The predicted octanol–water partition coefficient (Wildman–Crippen LogP) is 4.00. The predicted molar refractivity (Wildman–Crippen MR) is 153 cm³/mol. The second kappa shape index (κ2) is 15.4.